The van der Waals surface area contributed by atoms with E-state index < -0.39 is 11.6 Å². The van der Waals surface area contributed by atoms with Gasteiger partial charge in [0.25, 0.3) is 0 Å². The fourth-order valence-corrected chi connectivity index (χ4v) is 1.59. The lowest BCUT2D eigenvalue weighted by molar-refractivity contribution is 0.585. The molecule has 0 spiro atoms. The molecule has 5 heteroatoms. The molecule has 84 valence electrons. The summed E-state index contributed by atoms with van der Waals surface area (Å²) < 4.78 is 26.3. The van der Waals surface area contributed by atoms with Gasteiger partial charge in [-0.1, -0.05) is 0 Å². The first-order valence-electron chi connectivity index (χ1n) is 4.90. The minimum absolute atomic E-state index is 0.332. The van der Waals surface area contributed by atoms with E-state index >= 15 is 0 Å². The van der Waals surface area contributed by atoms with Gasteiger partial charge >= 0.3 is 0 Å². The number of halogens is 2. The van der Waals surface area contributed by atoms with E-state index in [4.69, 9.17) is 5.73 Å². The zero-order valence-corrected chi connectivity index (χ0v) is 8.50. The first-order valence-corrected chi connectivity index (χ1v) is 4.90. The number of hydrogen-bond acceptors (Lipinski definition) is 2. The molecule has 2 aromatic rings. The van der Waals surface area contributed by atoms with Crippen molar-refractivity contribution in [3.63, 3.8) is 0 Å². The zero-order valence-electron chi connectivity index (χ0n) is 8.50. The highest BCUT2D eigenvalue weighted by Crippen LogP contribution is 2.25. The maximum Gasteiger partial charge on any atom is 0.134 e. The molecule has 0 bridgehead atoms. The van der Waals surface area contributed by atoms with Crippen LogP contribution in [0.4, 0.5) is 8.78 Å². The summed E-state index contributed by atoms with van der Waals surface area (Å²) in [6.45, 7) is 0.442. The Hall–Kier alpha value is -1.75. The third-order valence-electron chi connectivity index (χ3n) is 2.33. The lowest BCUT2D eigenvalue weighted by atomic mass is 10.0. The van der Waals surface area contributed by atoms with Crippen LogP contribution in [0.25, 0.3) is 11.1 Å². The fraction of sp³-hybridized carbons (Fsp3) is 0.182. The average Bonchev–Trinajstić information content (AvgIpc) is 2.67. The van der Waals surface area contributed by atoms with Crippen LogP contribution in [0.2, 0.25) is 0 Å². The molecular weight excluding hydrogens is 212 g/mol. The third-order valence-corrected chi connectivity index (χ3v) is 2.33. The van der Waals surface area contributed by atoms with Crippen molar-refractivity contribution in [3.05, 3.63) is 41.7 Å². The zero-order chi connectivity index (χ0) is 11.5. The van der Waals surface area contributed by atoms with Crippen molar-refractivity contribution < 1.29 is 8.78 Å². The molecule has 0 atom stereocenters. The smallest absolute Gasteiger partial charge is 0.134 e. The summed E-state index contributed by atoms with van der Waals surface area (Å²) in [7, 11) is 0. The number of nitrogens with zero attached hydrogens (tertiary/aromatic N) is 1. The van der Waals surface area contributed by atoms with E-state index in [9.17, 15) is 8.78 Å². The molecule has 0 fully saturated rings. The van der Waals surface area contributed by atoms with E-state index in [1.165, 1.54) is 18.3 Å². The first-order chi connectivity index (χ1) is 7.72. The number of nitrogens with two attached hydrogens (primary N) is 1. The SMILES string of the molecule is NCCc1[nH]ncc1-c1ccc(F)cc1F. The highest BCUT2D eigenvalue weighted by Gasteiger charge is 2.11. The van der Waals surface area contributed by atoms with E-state index in [2.05, 4.69) is 10.2 Å². The van der Waals surface area contributed by atoms with Crippen LogP contribution in [0.15, 0.2) is 24.4 Å². The van der Waals surface area contributed by atoms with Gasteiger partial charge in [-0.15, -0.1) is 0 Å². The molecule has 1 aromatic carbocycles. The lowest BCUT2D eigenvalue weighted by Crippen LogP contribution is -2.04. The second-order valence-corrected chi connectivity index (χ2v) is 3.43. The van der Waals surface area contributed by atoms with Gasteiger partial charge in [-0.2, -0.15) is 5.10 Å². The Morgan fingerprint density at radius 1 is 1.25 bits per heavy atom. The lowest BCUT2D eigenvalue weighted by Gasteiger charge is -2.03. The van der Waals surface area contributed by atoms with E-state index in [-0.39, 0.29) is 0 Å². The van der Waals surface area contributed by atoms with Gasteiger partial charge < -0.3 is 5.73 Å². The van der Waals surface area contributed by atoms with E-state index in [0.29, 0.717) is 24.1 Å². The van der Waals surface area contributed by atoms with Crippen LogP contribution < -0.4 is 5.73 Å². The van der Waals surface area contributed by atoms with Crippen molar-refractivity contribution in [1.82, 2.24) is 10.2 Å². The third kappa shape index (κ3) is 1.94. The minimum Gasteiger partial charge on any atom is -0.330 e. The first kappa shape index (κ1) is 10.8. The number of aromatic amines is 1. The van der Waals surface area contributed by atoms with E-state index in [0.717, 1.165) is 11.8 Å². The summed E-state index contributed by atoms with van der Waals surface area (Å²) in [5, 5.41) is 6.60. The number of hydrogen-bond donors (Lipinski definition) is 2. The van der Waals surface area contributed by atoms with Gasteiger partial charge in [0.2, 0.25) is 0 Å². The second kappa shape index (κ2) is 4.40. The normalized spacial score (nSPS) is 10.7. The molecule has 0 saturated carbocycles. The Morgan fingerprint density at radius 3 is 2.75 bits per heavy atom. The summed E-state index contributed by atoms with van der Waals surface area (Å²) in [6, 6.07) is 3.47. The predicted octanol–water partition coefficient (Wildman–Crippen LogP) is 1.86. The van der Waals surface area contributed by atoms with Crippen LogP contribution in [0.5, 0.6) is 0 Å². The maximum atomic E-state index is 13.5. The minimum atomic E-state index is -0.598. The number of H-pyrrole nitrogens is 1. The Kier molecular flexibility index (Phi) is 2.96. The van der Waals surface area contributed by atoms with Crippen molar-refractivity contribution in [2.24, 2.45) is 5.73 Å². The van der Waals surface area contributed by atoms with Gasteiger partial charge in [0.15, 0.2) is 0 Å². The average molecular weight is 223 g/mol. The van der Waals surface area contributed by atoms with Crippen molar-refractivity contribution in [2.45, 2.75) is 6.42 Å². The summed E-state index contributed by atoms with van der Waals surface area (Å²) in [6.07, 6.45) is 2.09. The molecule has 2 rings (SSSR count). The topological polar surface area (TPSA) is 54.7 Å². The Bertz CT molecular complexity index is 494. The van der Waals surface area contributed by atoms with Gasteiger partial charge in [-0.05, 0) is 18.7 Å². The standard InChI is InChI=1S/C11H11F2N3/c12-7-1-2-8(10(13)5-7)9-6-15-16-11(9)3-4-14/h1-2,5-6H,3-4,14H2,(H,15,16). The van der Waals surface area contributed by atoms with Crippen molar-refractivity contribution in [3.8, 4) is 11.1 Å². The molecular formula is C11H11F2N3. The summed E-state index contributed by atoms with van der Waals surface area (Å²) in [4.78, 5) is 0. The Balaban J connectivity index is 2.46. The molecule has 3 nitrogen and oxygen atoms in total. The summed E-state index contributed by atoms with van der Waals surface area (Å²) in [5.74, 6) is -1.19. The van der Waals surface area contributed by atoms with Crippen LogP contribution in [-0.2, 0) is 6.42 Å². The van der Waals surface area contributed by atoms with Crippen LogP contribution in [-0.4, -0.2) is 16.7 Å². The van der Waals surface area contributed by atoms with Crippen LogP contribution in [0.1, 0.15) is 5.69 Å². The molecule has 16 heavy (non-hydrogen) atoms. The molecule has 0 aliphatic carbocycles. The largest absolute Gasteiger partial charge is 0.330 e. The molecule has 0 radical (unpaired) electrons. The fourth-order valence-electron chi connectivity index (χ4n) is 1.59. The van der Waals surface area contributed by atoms with Crippen molar-refractivity contribution >= 4 is 0 Å². The number of benzene rings is 1. The number of aromatic nitrogens is 2. The molecule has 1 aromatic heterocycles. The molecule has 0 amide bonds. The summed E-state index contributed by atoms with van der Waals surface area (Å²) in [5.41, 5.74) is 7.14. The van der Waals surface area contributed by atoms with Gasteiger partial charge in [-0.3, -0.25) is 5.10 Å². The van der Waals surface area contributed by atoms with Crippen molar-refractivity contribution in [2.75, 3.05) is 6.54 Å². The molecule has 0 unspecified atom stereocenters. The molecule has 0 saturated heterocycles. The molecule has 0 aliphatic heterocycles. The van der Waals surface area contributed by atoms with Crippen LogP contribution in [0, 0.1) is 11.6 Å². The number of rotatable bonds is 3. The van der Waals surface area contributed by atoms with E-state index in [1.807, 2.05) is 0 Å². The monoisotopic (exact) mass is 223 g/mol. The molecule has 3 N–H and O–H groups in total. The van der Waals surface area contributed by atoms with Crippen molar-refractivity contribution in [1.29, 1.82) is 0 Å². The highest BCUT2D eigenvalue weighted by atomic mass is 19.1. The summed E-state index contributed by atoms with van der Waals surface area (Å²) >= 11 is 0. The molecule has 1 heterocycles. The van der Waals surface area contributed by atoms with E-state index in [1.54, 1.807) is 0 Å². The predicted molar refractivity (Wildman–Crippen MR) is 56.7 cm³/mol. The Labute approximate surface area is 91.3 Å². The maximum absolute atomic E-state index is 13.5. The highest BCUT2D eigenvalue weighted by molar-refractivity contribution is 5.65. The van der Waals surface area contributed by atoms with Crippen LogP contribution in [0.3, 0.4) is 0 Å². The van der Waals surface area contributed by atoms with Gasteiger partial charge in [0.05, 0.1) is 6.20 Å². The molecule has 0 aliphatic rings. The van der Waals surface area contributed by atoms with Crippen LogP contribution >= 0.6 is 0 Å². The Morgan fingerprint density at radius 2 is 2.06 bits per heavy atom. The number of nitrogens with one attached hydrogen (secondary N) is 1. The quantitative estimate of drug-likeness (QED) is 0.834. The van der Waals surface area contributed by atoms with Gasteiger partial charge in [-0.25, -0.2) is 8.78 Å². The van der Waals surface area contributed by atoms with Gasteiger partial charge in [0.1, 0.15) is 11.6 Å². The second-order valence-electron chi connectivity index (χ2n) is 3.43. The van der Waals surface area contributed by atoms with Gasteiger partial charge in [0, 0.05) is 29.3 Å².